The zero-order chi connectivity index (χ0) is 29.4. The van der Waals surface area contributed by atoms with E-state index < -0.39 is 0 Å². The van der Waals surface area contributed by atoms with Crippen LogP contribution in [0.2, 0.25) is 0 Å². The van der Waals surface area contributed by atoms with Gasteiger partial charge in [-0.2, -0.15) is 5.26 Å². The smallest absolute Gasteiger partial charge is 0.140 e. The molecule has 3 aliphatic rings. The molecule has 3 aromatic heterocycles. The molecule has 0 aliphatic carbocycles. The summed E-state index contributed by atoms with van der Waals surface area (Å²) in [6.45, 7) is 18.0. The standard InChI is InChI=1S/C36H34N2OS3/c1-21(20-37)17-24-7-8-28(40-24)29-11-12-31(42-29)30-10-9-27(41-30)25-18-23-19-26-33-32(34(23)39-22(25)2)36(5,6)14-16-38(33)15-13-35(26,3)4/h7-12,17-19H,2,13-16H2,1,3-6H3/b21-17-. The van der Waals surface area contributed by atoms with E-state index >= 15 is 0 Å². The molecule has 7 rings (SSSR count). The highest BCUT2D eigenvalue weighted by molar-refractivity contribution is 7.26. The zero-order valence-corrected chi connectivity index (χ0v) is 27.2. The first kappa shape index (κ1) is 27.5. The summed E-state index contributed by atoms with van der Waals surface area (Å²) in [5, 5.41) is 9.10. The summed E-state index contributed by atoms with van der Waals surface area (Å²) in [5.74, 6) is 1.73. The third-order valence-electron chi connectivity index (χ3n) is 8.97. The molecule has 42 heavy (non-hydrogen) atoms. The Morgan fingerprint density at radius 2 is 1.50 bits per heavy atom. The molecule has 0 fully saturated rings. The number of hydrogen-bond acceptors (Lipinski definition) is 6. The normalized spacial score (nSPS) is 18.6. The highest BCUT2D eigenvalue weighted by atomic mass is 32.1. The molecular formula is C36H34N2OS3. The summed E-state index contributed by atoms with van der Waals surface area (Å²) in [4.78, 5) is 9.85. The molecule has 0 N–H and O–H groups in total. The maximum absolute atomic E-state index is 9.10. The minimum atomic E-state index is 0.0477. The van der Waals surface area contributed by atoms with Crippen LogP contribution in [-0.4, -0.2) is 13.1 Å². The lowest BCUT2D eigenvalue weighted by Gasteiger charge is -2.49. The van der Waals surface area contributed by atoms with E-state index in [0.717, 1.165) is 47.0 Å². The van der Waals surface area contributed by atoms with Crippen molar-refractivity contribution in [2.45, 2.75) is 58.3 Å². The fourth-order valence-electron chi connectivity index (χ4n) is 6.44. The molecule has 3 aliphatic heterocycles. The summed E-state index contributed by atoms with van der Waals surface area (Å²) in [5.41, 5.74) is 7.38. The average molecular weight is 607 g/mol. The van der Waals surface area contributed by atoms with Gasteiger partial charge in [0.05, 0.1) is 6.07 Å². The number of anilines is 1. The van der Waals surface area contributed by atoms with Crippen LogP contribution in [0, 0.1) is 11.3 Å². The maximum Gasteiger partial charge on any atom is 0.140 e. The van der Waals surface area contributed by atoms with Crippen molar-refractivity contribution in [3.63, 3.8) is 0 Å². The van der Waals surface area contributed by atoms with Crippen LogP contribution in [0.1, 0.15) is 73.9 Å². The van der Waals surface area contributed by atoms with Crippen LogP contribution in [0.5, 0.6) is 5.75 Å². The van der Waals surface area contributed by atoms with Crippen LogP contribution in [0.4, 0.5) is 5.69 Å². The fourth-order valence-corrected chi connectivity index (χ4v) is 9.68. The Balaban J connectivity index is 1.24. The molecule has 0 spiro atoms. The molecule has 1 aromatic carbocycles. The van der Waals surface area contributed by atoms with Crippen molar-refractivity contribution in [1.82, 2.24) is 0 Å². The summed E-state index contributed by atoms with van der Waals surface area (Å²) < 4.78 is 6.68. The molecule has 0 bridgehead atoms. The van der Waals surface area contributed by atoms with Crippen molar-refractivity contribution >= 4 is 57.4 Å². The van der Waals surface area contributed by atoms with E-state index in [-0.39, 0.29) is 10.8 Å². The first-order valence-electron chi connectivity index (χ1n) is 14.5. The third-order valence-corrected chi connectivity index (χ3v) is 12.6. The summed E-state index contributed by atoms with van der Waals surface area (Å²) >= 11 is 5.33. The largest absolute Gasteiger partial charge is 0.456 e. The Morgan fingerprint density at radius 3 is 2.19 bits per heavy atom. The molecule has 6 heterocycles. The number of nitrogens with zero attached hydrogens (tertiary/aromatic N) is 2. The van der Waals surface area contributed by atoms with Gasteiger partial charge in [-0.3, -0.25) is 0 Å². The molecule has 0 amide bonds. The van der Waals surface area contributed by atoms with Crippen LogP contribution in [0.15, 0.2) is 60.4 Å². The number of thiophene rings is 3. The second-order valence-corrected chi connectivity index (χ2v) is 16.2. The van der Waals surface area contributed by atoms with Gasteiger partial charge in [0.2, 0.25) is 0 Å². The fraction of sp³-hybridized carbons (Fsp3) is 0.306. The quantitative estimate of drug-likeness (QED) is 0.217. The van der Waals surface area contributed by atoms with Crippen molar-refractivity contribution in [2.24, 2.45) is 0 Å². The van der Waals surface area contributed by atoms with Gasteiger partial charge < -0.3 is 9.64 Å². The van der Waals surface area contributed by atoms with Crippen molar-refractivity contribution < 1.29 is 4.74 Å². The second-order valence-electron chi connectivity index (χ2n) is 12.9. The Kier molecular flexibility index (Phi) is 6.43. The van der Waals surface area contributed by atoms with Crippen molar-refractivity contribution in [3.8, 4) is 31.3 Å². The lowest BCUT2D eigenvalue weighted by atomic mass is 9.68. The number of benzene rings is 1. The van der Waals surface area contributed by atoms with Crippen LogP contribution in [0.3, 0.4) is 0 Å². The molecule has 0 radical (unpaired) electrons. The van der Waals surface area contributed by atoms with Gasteiger partial charge in [-0.15, -0.1) is 34.0 Å². The number of fused-ring (bicyclic) bond motifs is 2. The Hall–Kier alpha value is -3.37. The first-order chi connectivity index (χ1) is 20.0. The van der Waals surface area contributed by atoms with E-state index in [9.17, 15) is 0 Å². The van der Waals surface area contributed by atoms with Gasteiger partial charge in [0.25, 0.3) is 0 Å². The zero-order valence-electron chi connectivity index (χ0n) is 24.8. The van der Waals surface area contributed by atoms with Gasteiger partial charge >= 0.3 is 0 Å². The topological polar surface area (TPSA) is 36.3 Å². The van der Waals surface area contributed by atoms with E-state index in [4.69, 9.17) is 10.00 Å². The number of allylic oxidation sites excluding steroid dienone is 2. The number of rotatable bonds is 4. The highest BCUT2D eigenvalue weighted by Gasteiger charge is 2.43. The molecule has 4 aromatic rings. The number of ether oxygens (including phenoxy) is 1. The van der Waals surface area contributed by atoms with Crippen molar-refractivity contribution in [3.05, 3.63) is 86.8 Å². The summed E-state index contributed by atoms with van der Waals surface area (Å²) in [6.07, 6.45) is 6.56. The molecule has 212 valence electrons. The van der Waals surface area contributed by atoms with Gasteiger partial charge in [-0.05, 0) is 90.8 Å². The molecule has 6 heteroatoms. The Morgan fingerprint density at radius 1 is 0.905 bits per heavy atom. The van der Waals surface area contributed by atoms with Gasteiger partial charge in [-0.25, -0.2) is 0 Å². The van der Waals surface area contributed by atoms with Gasteiger partial charge in [0.1, 0.15) is 11.5 Å². The monoisotopic (exact) mass is 606 g/mol. The second kappa shape index (κ2) is 9.84. The number of nitriles is 1. The first-order valence-corrected chi connectivity index (χ1v) is 16.9. The van der Waals surface area contributed by atoms with Gasteiger partial charge in [-0.1, -0.05) is 34.3 Å². The maximum atomic E-state index is 9.10. The lowest BCUT2D eigenvalue weighted by molar-refractivity contribution is 0.374. The Labute approximate surface area is 260 Å². The average Bonchev–Trinajstić information content (AvgIpc) is 3.72. The van der Waals surface area contributed by atoms with Crippen molar-refractivity contribution in [1.29, 1.82) is 5.26 Å². The van der Waals surface area contributed by atoms with Crippen LogP contribution in [0.25, 0.3) is 37.2 Å². The minimum absolute atomic E-state index is 0.0477. The number of hydrogen-bond donors (Lipinski definition) is 0. The van der Waals surface area contributed by atoms with Crippen molar-refractivity contribution in [2.75, 3.05) is 18.0 Å². The van der Waals surface area contributed by atoms with E-state index in [1.54, 1.807) is 22.7 Å². The summed E-state index contributed by atoms with van der Waals surface area (Å²) in [6, 6.07) is 17.7. The highest BCUT2D eigenvalue weighted by Crippen LogP contribution is 2.56. The predicted octanol–water partition coefficient (Wildman–Crippen LogP) is 10.7. The van der Waals surface area contributed by atoms with Gasteiger partial charge in [0, 0.05) is 70.3 Å². The van der Waals surface area contributed by atoms with Crippen LogP contribution < -0.4 is 9.64 Å². The minimum Gasteiger partial charge on any atom is -0.456 e. The molecule has 0 unspecified atom stereocenters. The predicted molar refractivity (Wildman–Crippen MR) is 182 cm³/mol. The van der Waals surface area contributed by atoms with Gasteiger partial charge in [0.15, 0.2) is 0 Å². The third kappa shape index (κ3) is 4.50. The molecular weight excluding hydrogens is 573 g/mol. The lowest BCUT2D eigenvalue weighted by Crippen LogP contribution is -2.45. The van der Waals surface area contributed by atoms with E-state index in [0.29, 0.717) is 0 Å². The molecule has 0 saturated heterocycles. The molecule has 0 atom stereocenters. The van der Waals surface area contributed by atoms with Crippen LogP contribution in [-0.2, 0) is 10.8 Å². The Bertz CT molecular complexity index is 1860. The van der Waals surface area contributed by atoms with E-state index in [1.807, 2.05) is 24.3 Å². The van der Waals surface area contributed by atoms with Crippen LogP contribution >= 0.6 is 34.0 Å². The SMILES string of the molecule is C=C1Oc2c(cc3c4c2C(C)(C)CCN4CCC3(C)C)C=C1c1ccc(-c2ccc(-c3ccc(/C=C(/C)C#N)s3)s2)s1. The summed E-state index contributed by atoms with van der Waals surface area (Å²) in [7, 11) is 0. The van der Waals surface area contributed by atoms with E-state index in [1.165, 1.54) is 53.2 Å². The van der Waals surface area contributed by atoms with E-state index in [2.05, 4.69) is 93.8 Å². The molecule has 3 nitrogen and oxygen atoms in total. The molecule has 0 saturated carbocycles.